The minimum atomic E-state index is -0.122. The molecule has 0 aliphatic heterocycles. The van der Waals surface area contributed by atoms with E-state index in [0.717, 1.165) is 21.6 Å². The third-order valence-electron chi connectivity index (χ3n) is 3.56. The van der Waals surface area contributed by atoms with Crippen LogP contribution in [-0.2, 0) is 6.54 Å². The molecule has 0 bridgehead atoms. The second kappa shape index (κ2) is 7.40. The smallest absolute Gasteiger partial charge is 0.318 e. The number of carbonyl (C=O) groups excluding carboxylic acids is 1. The first-order chi connectivity index (χ1) is 11.6. The van der Waals surface area contributed by atoms with Gasteiger partial charge in [0.1, 0.15) is 5.00 Å². The average Bonchev–Trinajstić information content (AvgIpc) is 2.98. The Morgan fingerprint density at radius 3 is 2.75 bits per heavy atom. The van der Waals surface area contributed by atoms with Gasteiger partial charge >= 0.3 is 6.03 Å². The Balaban J connectivity index is 1.78. The van der Waals surface area contributed by atoms with Crippen LogP contribution in [0.5, 0.6) is 0 Å². The van der Waals surface area contributed by atoms with Crippen LogP contribution < -0.4 is 5.32 Å². The highest BCUT2D eigenvalue weighted by Crippen LogP contribution is 2.27. The topological polar surface area (TPSA) is 58.1 Å². The Morgan fingerprint density at radius 2 is 2.00 bits per heavy atom. The summed E-state index contributed by atoms with van der Waals surface area (Å²) in [7, 11) is 0. The van der Waals surface area contributed by atoms with Gasteiger partial charge in [-0.2, -0.15) is 4.37 Å². The number of nitrogens with zero attached hydrogens (tertiary/aromatic N) is 3. The van der Waals surface area contributed by atoms with E-state index in [1.165, 1.54) is 11.5 Å². The van der Waals surface area contributed by atoms with E-state index < -0.39 is 0 Å². The molecule has 3 aromatic rings. The van der Waals surface area contributed by atoms with Crippen molar-refractivity contribution >= 4 is 33.5 Å². The maximum atomic E-state index is 12.8. The van der Waals surface area contributed by atoms with Gasteiger partial charge < -0.3 is 4.90 Å². The predicted octanol–water partition coefficient (Wildman–Crippen LogP) is 4.38. The maximum absolute atomic E-state index is 12.8. The number of aromatic nitrogens is 2. The van der Waals surface area contributed by atoms with E-state index in [4.69, 9.17) is 0 Å². The van der Waals surface area contributed by atoms with Crippen molar-refractivity contribution < 1.29 is 4.79 Å². The summed E-state index contributed by atoms with van der Waals surface area (Å²) in [4.78, 5) is 18.9. The second-order valence-electron chi connectivity index (χ2n) is 6.05. The number of hydrogen-bond acceptors (Lipinski definition) is 4. The van der Waals surface area contributed by atoms with Gasteiger partial charge in [-0.05, 0) is 41.7 Å². The van der Waals surface area contributed by atoms with E-state index in [2.05, 4.69) is 28.5 Å². The van der Waals surface area contributed by atoms with E-state index in [1.54, 1.807) is 11.1 Å². The number of anilines is 1. The molecule has 0 saturated carbocycles. The van der Waals surface area contributed by atoms with Crippen LogP contribution >= 0.6 is 11.5 Å². The predicted molar refractivity (Wildman–Crippen MR) is 98.1 cm³/mol. The third kappa shape index (κ3) is 3.89. The molecule has 0 atom stereocenters. The van der Waals surface area contributed by atoms with Gasteiger partial charge in [-0.25, -0.2) is 4.79 Å². The summed E-state index contributed by atoms with van der Waals surface area (Å²) in [5.41, 5.74) is 1.78. The summed E-state index contributed by atoms with van der Waals surface area (Å²) < 4.78 is 4.37. The Labute approximate surface area is 145 Å². The van der Waals surface area contributed by atoms with Gasteiger partial charge in [-0.15, -0.1) is 0 Å². The first kappa shape index (κ1) is 16.4. The maximum Gasteiger partial charge on any atom is 0.322 e. The van der Waals surface area contributed by atoms with Crippen molar-refractivity contribution in [3.8, 4) is 0 Å². The first-order valence-electron chi connectivity index (χ1n) is 7.93. The van der Waals surface area contributed by atoms with Crippen molar-refractivity contribution in [3.63, 3.8) is 0 Å². The van der Waals surface area contributed by atoms with Gasteiger partial charge in [0.05, 0.1) is 17.8 Å². The number of fused-ring (bicyclic) bond motifs is 1. The highest BCUT2D eigenvalue weighted by molar-refractivity contribution is 7.12. The second-order valence-corrected chi connectivity index (χ2v) is 6.83. The van der Waals surface area contributed by atoms with Crippen LogP contribution in [0, 0.1) is 5.92 Å². The van der Waals surface area contributed by atoms with Crippen molar-refractivity contribution in [2.75, 3.05) is 11.9 Å². The number of carbonyl (C=O) groups is 1. The molecule has 6 heteroatoms. The van der Waals surface area contributed by atoms with Crippen LogP contribution in [0.25, 0.3) is 10.9 Å². The van der Waals surface area contributed by atoms with Gasteiger partial charge in [-0.3, -0.25) is 10.3 Å². The molecule has 2 aromatic heterocycles. The largest absolute Gasteiger partial charge is 0.322 e. The monoisotopic (exact) mass is 340 g/mol. The van der Waals surface area contributed by atoms with E-state index >= 15 is 0 Å². The Kier molecular flexibility index (Phi) is 5.05. The minimum absolute atomic E-state index is 0.122. The molecule has 2 amide bonds. The van der Waals surface area contributed by atoms with Crippen LogP contribution in [0.4, 0.5) is 9.80 Å². The zero-order valence-electron chi connectivity index (χ0n) is 13.8. The molecule has 124 valence electrons. The first-order valence-corrected chi connectivity index (χ1v) is 8.71. The van der Waals surface area contributed by atoms with Crippen molar-refractivity contribution in [1.82, 2.24) is 14.3 Å². The van der Waals surface area contributed by atoms with Crippen molar-refractivity contribution in [2.45, 2.75) is 20.4 Å². The molecule has 0 saturated heterocycles. The third-order valence-corrected chi connectivity index (χ3v) is 4.35. The standard InChI is InChI=1S/C18H20N4OS/c1-13(2)11-22(12-14-7-5-6-10-19-14)18(23)20-17-15-8-3-4-9-16(15)21-24-17/h3-10,13H,11-12H2,1-2H3,(H,20,23). The van der Waals surface area contributed by atoms with Gasteiger partial charge in [0.15, 0.2) is 0 Å². The average molecular weight is 340 g/mol. The fourth-order valence-corrected chi connectivity index (χ4v) is 3.26. The molecule has 0 fully saturated rings. The lowest BCUT2D eigenvalue weighted by atomic mass is 10.2. The summed E-state index contributed by atoms with van der Waals surface area (Å²) in [6.07, 6.45) is 1.75. The quantitative estimate of drug-likeness (QED) is 0.750. The minimum Gasteiger partial charge on any atom is -0.318 e. The number of rotatable bonds is 5. The van der Waals surface area contributed by atoms with E-state index in [0.29, 0.717) is 19.0 Å². The molecule has 2 heterocycles. The SMILES string of the molecule is CC(C)CN(Cc1ccccn1)C(=O)Nc1snc2ccccc12. The van der Waals surface area contributed by atoms with E-state index in [1.807, 2.05) is 42.5 Å². The number of nitrogens with one attached hydrogen (secondary N) is 1. The normalized spacial score (nSPS) is 11.0. The van der Waals surface area contributed by atoms with Crippen LogP contribution in [0.15, 0.2) is 48.7 Å². The molecule has 0 radical (unpaired) electrons. The molecule has 1 N–H and O–H groups in total. The molecular weight excluding hydrogens is 320 g/mol. The zero-order valence-corrected chi connectivity index (χ0v) is 14.6. The van der Waals surface area contributed by atoms with Crippen LogP contribution in [-0.4, -0.2) is 26.8 Å². The van der Waals surface area contributed by atoms with Gasteiger partial charge in [0, 0.05) is 18.1 Å². The number of benzene rings is 1. The van der Waals surface area contributed by atoms with E-state index in [-0.39, 0.29) is 6.03 Å². The highest BCUT2D eigenvalue weighted by Gasteiger charge is 2.18. The summed E-state index contributed by atoms with van der Waals surface area (Å²) in [6.45, 7) is 5.35. The lowest BCUT2D eigenvalue weighted by Crippen LogP contribution is -2.37. The highest BCUT2D eigenvalue weighted by atomic mass is 32.1. The molecular formula is C18H20N4OS. The summed E-state index contributed by atoms with van der Waals surface area (Å²) in [5.74, 6) is 0.373. The molecule has 0 aliphatic rings. The van der Waals surface area contributed by atoms with Crippen molar-refractivity contribution in [1.29, 1.82) is 0 Å². The molecule has 24 heavy (non-hydrogen) atoms. The molecule has 0 aliphatic carbocycles. The Morgan fingerprint density at radius 1 is 1.21 bits per heavy atom. The summed E-state index contributed by atoms with van der Waals surface area (Å²) in [5, 5.41) is 4.76. The summed E-state index contributed by atoms with van der Waals surface area (Å²) >= 11 is 1.31. The van der Waals surface area contributed by atoms with Crippen LogP contribution in [0.2, 0.25) is 0 Å². The fourth-order valence-electron chi connectivity index (χ4n) is 2.50. The number of urea groups is 1. The molecule has 1 aromatic carbocycles. The van der Waals surface area contributed by atoms with Crippen LogP contribution in [0.1, 0.15) is 19.5 Å². The molecule has 5 nitrogen and oxygen atoms in total. The number of pyridine rings is 1. The van der Waals surface area contributed by atoms with Crippen molar-refractivity contribution in [2.24, 2.45) is 5.92 Å². The number of hydrogen-bond donors (Lipinski definition) is 1. The van der Waals surface area contributed by atoms with Crippen molar-refractivity contribution in [3.05, 3.63) is 54.4 Å². The molecule has 0 spiro atoms. The lowest BCUT2D eigenvalue weighted by molar-refractivity contribution is 0.201. The van der Waals surface area contributed by atoms with Gasteiger partial charge in [0.2, 0.25) is 0 Å². The zero-order chi connectivity index (χ0) is 16.9. The lowest BCUT2D eigenvalue weighted by Gasteiger charge is -2.24. The van der Waals surface area contributed by atoms with Gasteiger partial charge in [0.25, 0.3) is 0 Å². The fraction of sp³-hybridized carbons (Fsp3) is 0.278. The molecule has 0 unspecified atom stereocenters. The molecule has 3 rings (SSSR count). The number of amides is 2. The summed E-state index contributed by atoms with van der Waals surface area (Å²) in [6, 6.07) is 13.4. The van der Waals surface area contributed by atoms with E-state index in [9.17, 15) is 4.79 Å². The van der Waals surface area contributed by atoms with Crippen LogP contribution in [0.3, 0.4) is 0 Å². The Bertz CT molecular complexity index is 816. The van der Waals surface area contributed by atoms with Gasteiger partial charge in [-0.1, -0.05) is 32.0 Å². The Hall–Kier alpha value is -2.47.